The summed E-state index contributed by atoms with van der Waals surface area (Å²) in [5.41, 5.74) is 3.42. The number of aliphatic imine (C=N–C) groups is 3. The fourth-order valence-electron chi connectivity index (χ4n) is 3.31. The summed E-state index contributed by atoms with van der Waals surface area (Å²) in [5, 5.41) is 5.20. The lowest BCUT2D eigenvalue weighted by molar-refractivity contribution is 0.246. The molecule has 11 heteroatoms. The molecule has 11 nitrogen and oxygen atoms in total. The average molecular weight is 496 g/mol. The molecule has 0 saturated heterocycles. The van der Waals surface area contributed by atoms with Gasteiger partial charge in [0.25, 0.3) is 0 Å². The Morgan fingerprint density at radius 3 is 1.41 bits per heavy atom. The van der Waals surface area contributed by atoms with Gasteiger partial charge in [0.2, 0.25) is 18.2 Å². The van der Waals surface area contributed by atoms with Crippen molar-refractivity contribution in [2.24, 2.45) is 15.0 Å². The van der Waals surface area contributed by atoms with Crippen molar-refractivity contribution in [2.75, 3.05) is 15.5 Å². The SMILES string of the molecule is Cc1ccc(NC(=O)N(C(=O)Nc2ccc(C)c(N=C=O)c2)c2ccc(C)c(N=C=O)c2)cc1N=C=O. The molecule has 37 heavy (non-hydrogen) atoms. The van der Waals surface area contributed by atoms with Crippen LogP contribution < -0.4 is 15.5 Å². The van der Waals surface area contributed by atoms with Crippen LogP contribution in [0.2, 0.25) is 0 Å². The molecule has 0 saturated carbocycles. The van der Waals surface area contributed by atoms with Gasteiger partial charge in [-0.05, 0) is 73.9 Å². The van der Waals surface area contributed by atoms with Crippen molar-refractivity contribution < 1.29 is 24.0 Å². The predicted molar refractivity (Wildman–Crippen MR) is 137 cm³/mol. The number of benzene rings is 3. The first-order valence-electron chi connectivity index (χ1n) is 10.7. The van der Waals surface area contributed by atoms with Crippen LogP contribution in [0.15, 0.2) is 69.6 Å². The van der Waals surface area contributed by atoms with E-state index in [2.05, 4.69) is 25.6 Å². The van der Waals surface area contributed by atoms with Crippen LogP contribution in [0.25, 0.3) is 0 Å². The van der Waals surface area contributed by atoms with E-state index < -0.39 is 12.1 Å². The number of carbonyl (C=O) groups excluding carboxylic acids is 5. The number of hydrogen-bond donors (Lipinski definition) is 2. The molecule has 0 aliphatic heterocycles. The van der Waals surface area contributed by atoms with Gasteiger partial charge in [0.15, 0.2) is 0 Å². The molecule has 0 unspecified atom stereocenters. The second-order valence-electron chi connectivity index (χ2n) is 7.78. The fourth-order valence-corrected chi connectivity index (χ4v) is 3.31. The largest absolute Gasteiger partial charge is 0.334 e. The number of nitrogens with zero attached hydrogens (tertiary/aromatic N) is 4. The molecular weight excluding hydrogens is 476 g/mol. The van der Waals surface area contributed by atoms with Crippen LogP contribution in [-0.4, -0.2) is 30.3 Å². The summed E-state index contributed by atoms with van der Waals surface area (Å²) in [5.74, 6) is 0. The second-order valence-corrected chi connectivity index (χ2v) is 7.78. The number of amides is 4. The number of carbonyl (C=O) groups is 2. The lowest BCUT2D eigenvalue weighted by atomic mass is 10.1. The zero-order valence-electron chi connectivity index (χ0n) is 20.0. The first-order chi connectivity index (χ1) is 17.8. The van der Waals surface area contributed by atoms with Gasteiger partial charge in [0, 0.05) is 11.4 Å². The molecule has 2 N–H and O–H groups in total. The van der Waals surface area contributed by atoms with Crippen molar-refractivity contribution in [3.05, 3.63) is 71.3 Å². The van der Waals surface area contributed by atoms with Crippen LogP contribution in [0.5, 0.6) is 0 Å². The third-order valence-electron chi connectivity index (χ3n) is 5.28. The van der Waals surface area contributed by atoms with E-state index in [9.17, 15) is 24.0 Å². The highest BCUT2D eigenvalue weighted by atomic mass is 16.2. The van der Waals surface area contributed by atoms with E-state index in [0.29, 0.717) is 28.1 Å². The monoisotopic (exact) mass is 496 g/mol. The fraction of sp³-hybridized carbons (Fsp3) is 0.115. The van der Waals surface area contributed by atoms with Gasteiger partial charge >= 0.3 is 12.1 Å². The quantitative estimate of drug-likeness (QED) is 0.327. The second kappa shape index (κ2) is 11.8. The first-order valence-corrected chi connectivity index (χ1v) is 10.7. The minimum Gasteiger partial charge on any atom is -0.307 e. The molecule has 184 valence electrons. The van der Waals surface area contributed by atoms with Crippen LogP contribution in [0.3, 0.4) is 0 Å². The molecule has 3 aromatic carbocycles. The van der Waals surface area contributed by atoms with Crippen molar-refractivity contribution in [3.63, 3.8) is 0 Å². The van der Waals surface area contributed by atoms with E-state index in [-0.39, 0.29) is 22.7 Å². The molecule has 3 aromatic rings. The number of nitrogens with one attached hydrogen (secondary N) is 2. The van der Waals surface area contributed by atoms with Gasteiger partial charge in [-0.15, -0.1) is 0 Å². The van der Waals surface area contributed by atoms with E-state index >= 15 is 0 Å². The Morgan fingerprint density at radius 2 is 1.00 bits per heavy atom. The topological polar surface area (TPSA) is 150 Å². The molecule has 0 atom stereocenters. The van der Waals surface area contributed by atoms with E-state index in [0.717, 1.165) is 4.90 Å². The highest BCUT2D eigenvalue weighted by Crippen LogP contribution is 2.29. The van der Waals surface area contributed by atoms with Crippen LogP contribution in [0.1, 0.15) is 16.7 Å². The van der Waals surface area contributed by atoms with E-state index in [1.54, 1.807) is 51.1 Å². The molecule has 0 aromatic heterocycles. The minimum atomic E-state index is -0.856. The van der Waals surface area contributed by atoms with Gasteiger partial charge < -0.3 is 10.6 Å². The molecule has 0 fully saturated rings. The maximum Gasteiger partial charge on any atom is 0.334 e. The van der Waals surface area contributed by atoms with Gasteiger partial charge in [-0.25, -0.2) is 28.9 Å². The number of isocyanates is 3. The van der Waals surface area contributed by atoms with E-state index in [1.165, 1.54) is 42.5 Å². The van der Waals surface area contributed by atoms with Gasteiger partial charge in [0.05, 0.1) is 22.7 Å². The lowest BCUT2D eigenvalue weighted by Crippen LogP contribution is -2.42. The molecule has 0 spiro atoms. The molecule has 0 radical (unpaired) electrons. The molecule has 0 heterocycles. The minimum absolute atomic E-state index is 0.103. The number of aryl methyl sites for hydroxylation is 3. The number of imide groups is 1. The molecule has 0 aliphatic rings. The Balaban J connectivity index is 2.02. The Kier molecular flexibility index (Phi) is 8.33. The van der Waals surface area contributed by atoms with Crippen molar-refractivity contribution in [1.82, 2.24) is 0 Å². The third-order valence-corrected chi connectivity index (χ3v) is 5.28. The van der Waals surface area contributed by atoms with Gasteiger partial charge in [0.1, 0.15) is 0 Å². The van der Waals surface area contributed by atoms with E-state index in [1.807, 2.05) is 0 Å². The third kappa shape index (κ3) is 6.36. The lowest BCUT2D eigenvalue weighted by Gasteiger charge is -2.23. The smallest absolute Gasteiger partial charge is 0.307 e. The molecule has 3 rings (SSSR count). The Bertz CT molecular complexity index is 1450. The summed E-state index contributed by atoms with van der Waals surface area (Å²) >= 11 is 0. The molecular formula is C26H20N6O5. The van der Waals surface area contributed by atoms with E-state index in [4.69, 9.17) is 0 Å². The maximum atomic E-state index is 13.3. The first kappa shape index (κ1) is 26.2. The van der Waals surface area contributed by atoms with Crippen molar-refractivity contribution >= 4 is 64.4 Å². The maximum absolute atomic E-state index is 13.3. The summed E-state index contributed by atoms with van der Waals surface area (Å²) in [7, 11) is 0. The van der Waals surface area contributed by atoms with Crippen LogP contribution in [0, 0.1) is 20.8 Å². The highest BCUT2D eigenvalue weighted by molar-refractivity contribution is 6.21. The summed E-state index contributed by atoms with van der Waals surface area (Å²) in [4.78, 5) is 70.6. The molecule has 0 bridgehead atoms. The van der Waals surface area contributed by atoms with Crippen LogP contribution in [0.4, 0.5) is 43.7 Å². The number of hydrogen-bond acceptors (Lipinski definition) is 8. The van der Waals surface area contributed by atoms with Crippen LogP contribution >= 0.6 is 0 Å². The average Bonchev–Trinajstić information content (AvgIpc) is 2.86. The van der Waals surface area contributed by atoms with Gasteiger partial charge in [-0.2, -0.15) is 15.0 Å². The summed E-state index contributed by atoms with van der Waals surface area (Å²) in [6.45, 7) is 5.16. The summed E-state index contributed by atoms with van der Waals surface area (Å²) in [6.07, 6.45) is 4.36. The number of urea groups is 2. The van der Waals surface area contributed by atoms with Crippen molar-refractivity contribution in [2.45, 2.75) is 20.8 Å². The predicted octanol–water partition coefficient (Wildman–Crippen LogP) is 5.78. The molecule has 0 aliphatic carbocycles. The number of rotatable bonds is 6. The number of anilines is 3. The van der Waals surface area contributed by atoms with Crippen LogP contribution in [-0.2, 0) is 14.4 Å². The van der Waals surface area contributed by atoms with Crippen molar-refractivity contribution in [1.29, 1.82) is 0 Å². The Morgan fingerprint density at radius 1 is 0.622 bits per heavy atom. The summed E-state index contributed by atoms with van der Waals surface area (Å²) < 4.78 is 0. The Hall–Kier alpha value is -5.46. The summed E-state index contributed by atoms with van der Waals surface area (Å²) in [6, 6.07) is 12.1. The highest BCUT2D eigenvalue weighted by Gasteiger charge is 2.25. The van der Waals surface area contributed by atoms with Crippen molar-refractivity contribution in [3.8, 4) is 0 Å². The van der Waals surface area contributed by atoms with Gasteiger partial charge in [-0.1, -0.05) is 18.2 Å². The normalized spacial score (nSPS) is 9.70. The zero-order chi connectivity index (χ0) is 26.9. The Labute approximate surface area is 211 Å². The zero-order valence-corrected chi connectivity index (χ0v) is 20.0. The van der Waals surface area contributed by atoms with Gasteiger partial charge in [-0.3, -0.25) is 0 Å². The standard InChI is InChI=1S/C26H20N6O5/c1-16-4-7-19(10-22(16)27-13-33)30-25(36)32(21-9-6-18(3)24(12-21)29-15-35)26(37)31-20-8-5-17(2)23(11-20)28-14-34/h4-12H,1-3H3,(H,30,36)(H,31,37). The molecule has 4 amide bonds.